The summed E-state index contributed by atoms with van der Waals surface area (Å²) >= 11 is 0. The molecular weight excluding hydrogens is 535 g/mol. The summed E-state index contributed by atoms with van der Waals surface area (Å²) in [5.74, 6) is 0. The number of rotatable bonds is 2. The normalized spacial score (nSPS) is 13.4. The minimum absolute atomic E-state index is 0.140. The fraction of sp³-hybridized carbons (Fsp3) is 0. The minimum Gasteiger partial charge on any atom is -0.456 e. The van der Waals surface area contributed by atoms with Gasteiger partial charge in [0.1, 0.15) is 11.2 Å². The highest BCUT2D eigenvalue weighted by Gasteiger charge is 2.41. The van der Waals surface area contributed by atoms with Gasteiger partial charge in [-0.3, -0.25) is 0 Å². The van der Waals surface area contributed by atoms with E-state index in [1.54, 1.807) is 0 Å². The summed E-state index contributed by atoms with van der Waals surface area (Å²) in [5.41, 5.74) is 13.1. The number of aromatic nitrogens is 1. The van der Waals surface area contributed by atoms with Crippen LogP contribution in [0.4, 0.5) is 17.1 Å². The zero-order chi connectivity index (χ0) is 28.5. The van der Waals surface area contributed by atoms with E-state index in [9.17, 15) is 0 Å². The zero-order valence-electron chi connectivity index (χ0n) is 23.7. The van der Waals surface area contributed by atoms with E-state index in [0.717, 1.165) is 22.5 Å². The average Bonchev–Trinajstić information content (AvgIpc) is 3.64. The van der Waals surface area contributed by atoms with E-state index in [1.807, 2.05) is 0 Å². The van der Waals surface area contributed by atoms with Crippen LogP contribution in [0.5, 0.6) is 0 Å². The Kier molecular flexibility index (Phi) is 4.15. The van der Waals surface area contributed by atoms with Crippen LogP contribution in [-0.4, -0.2) is 11.3 Å². The summed E-state index contributed by atoms with van der Waals surface area (Å²) < 4.78 is 8.90. The lowest BCUT2D eigenvalue weighted by Crippen LogP contribution is -2.58. The zero-order valence-corrected chi connectivity index (χ0v) is 23.7. The number of furan rings is 1. The van der Waals surface area contributed by atoms with E-state index in [4.69, 9.17) is 4.42 Å². The first kappa shape index (κ1) is 22.8. The van der Waals surface area contributed by atoms with Gasteiger partial charge in [-0.05, 0) is 76.3 Å². The predicted molar refractivity (Wildman–Crippen MR) is 185 cm³/mol. The van der Waals surface area contributed by atoms with Crippen molar-refractivity contribution in [2.75, 3.05) is 4.90 Å². The maximum atomic E-state index is 6.50. The molecule has 2 aliphatic heterocycles. The van der Waals surface area contributed by atoms with Crippen molar-refractivity contribution in [1.82, 2.24) is 4.57 Å². The first-order chi connectivity index (χ1) is 21.8. The molecule has 0 saturated carbocycles. The summed E-state index contributed by atoms with van der Waals surface area (Å²) in [5, 5.41) is 7.64. The van der Waals surface area contributed by atoms with E-state index >= 15 is 0 Å². The summed E-state index contributed by atoms with van der Waals surface area (Å²) in [7, 11) is 0. The van der Waals surface area contributed by atoms with Gasteiger partial charge in [0.2, 0.25) is 6.71 Å². The van der Waals surface area contributed by atoms with Crippen LogP contribution in [0.1, 0.15) is 0 Å². The molecule has 0 radical (unpaired) electrons. The third kappa shape index (κ3) is 2.70. The molecule has 4 heterocycles. The number of hydrogen-bond donors (Lipinski definition) is 0. The van der Waals surface area contributed by atoms with Gasteiger partial charge in [-0.15, -0.1) is 0 Å². The van der Waals surface area contributed by atoms with Crippen LogP contribution < -0.4 is 21.3 Å². The number of hydrogen-bond acceptors (Lipinski definition) is 2. The van der Waals surface area contributed by atoms with E-state index in [0.29, 0.717) is 0 Å². The summed E-state index contributed by atoms with van der Waals surface area (Å²) in [6, 6.07) is 50.9. The Labute approximate surface area is 253 Å². The molecule has 0 bridgehead atoms. The molecule has 3 nitrogen and oxygen atoms in total. The first-order valence-corrected chi connectivity index (χ1v) is 15.2. The smallest absolute Gasteiger partial charge is 0.248 e. The van der Waals surface area contributed by atoms with E-state index in [1.165, 1.54) is 71.1 Å². The maximum Gasteiger partial charge on any atom is 0.248 e. The molecule has 0 aliphatic carbocycles. The number of para-hydroxylation sites is 3. The molecule has 2 aromatic heterocycles. The highest BCUT2D eigenvalue weighted by molar-refractivity contribution is 7.02. The van der Waals surface area contributed by atoms with Crippen molar-refractivity contribution in [3.63, 3.8) is 0 Å². The Hall–Kier alpha value is -5.74. The molecule has 202 valence electrons. The largest absolute Gasteiger partial charge is 0.456 e. The highest BCUT2D eigenvalue weighted by Crippen LogP contribution is 2.44. The summed E-state index contributed by atoms with van der Waals surface area (Å²) in [6.45, 7) is 0.140. The molecular formula is C40H23BN2O. The van der Waals surface area contributed by atoms with Gasteiger partial charge >= 0.3 is 0 Å². The van der Waals surface area contributed by atoms with Crippen molar-refractivity contribution in [3.8, 4) is 5.69 Å². The van der Waals surface area contributed by atoms with E-state index < -0.39 is 0 Å². The second-order valence-electron chi connectivity index (χ2n) is 12.1. The lowest BCUT2D eigenvalue weighted by Gasteiger charge is -2.38. The molecule has 44 heavy (non-hydrogen) atoms. The highest BCUT2D eigenvalue weighted by atomic mass is 16.3. The standard InChI is InChI=1S/C40H23BN2O/c1-4-16-31-27(12-1)28-13-2-5-17-32(28)42(31)25-10-8-11-26(23-25)43-33-18-6-3-14-29(33)41-30-15-7-9-24-19-21-35-38(37(24)30)39-36(44-35)22-20-34(43)40(39)41/h1-23H. The second kappa shape index (κ2) is 8.00. The molecule has 2 aliphatic rings. The van der Waals surface area contributed by atoms with Crippen molar-refractivity contribution < 1.29 is 4.42 Å². The molecule has 0 spiro atoms. The first-order valence-electron chi connectivity index (χ1n) is 15.2. The number of fused-ring (bicyclic) bond motifs is 6. The van der Waals surface area contributed by atoms with Crippen LogP contribution in [-0.2, 0) is 0 Å². The average molecular weight is 558 g/mol. The van der Waals surface area contributed by atoms with Gasteiger partial charge in [-0.25, -0.2) is 0 Å². The maximum absolute atomic E-state index is 6.50. The predicted octanol–water partition coefficient (Wildman–Crippen LogP) is 8.45. The fourth-order valence-electron chi connectivity index (χ4n) is 8.29. The molecule has 0 fully saturated rings. The quantitative estimate of drug-likeness (QED) is 0.199. The van der Waals surface area contributed by atoms with Crippen LogP contribution >= 0.6 is 0 Å². The third-order valence-corrected chi connectivity index (χ3v) is 9.95. The monoisotopic (exact) mass is 558 g/mol. The number of anilines is 3. The van der Waals surface area contributed by atoms with Crippen molar-refractivity contribution in [2.24, 2.45) is 0 Å². The molecule has 4 heteroatoms. The molecule has 0 atom stereocenters. The Morgan fingerprint density at radius 1 is 0.477 bits per heavy atom. The van der Waals surface area contributed by atoms with Gasteiger partial charge in [0, 0.05) is 44.3 Å². The molecule has 7 aromatic carbocycles. The van der Waals surface area contributed by atoms with Gasteiger partial charge in [0.25, 0.3) is 0 Å². The topological polar surface area (TPSA) is 21.3 Å². The van der Waals surface area contributed by atoms with Crippen molar-refractivity contribution in [1.29, 1.82) is 0 Å². The third-order valence-electron chi connectivity index (χ3n) is 9.95. The summed E-state index contributed by atoms with van der Waals surface area (Å²) in [4.78, 5) is 2.46. The number of nitrogens with zero attached hydrogens (tertiary/aromatic N) is 2. The van der Waals surface area contributed by atoms with Crippen molar-refractivity contribution >= 4 is 94.7 Å². The van der Waals surface area contributed by atoms with E-state index in [-0.39, 0.29) is 6.71 Å². The Morgan fingerprint density at radius 3 is 2.02 bits per heavy atom. The van der Waals surface area contributed by atoms with Gasteiger partial charge in [-0.2, -0.15) is 0 Å². The molecule has 0 unspecified atom stereocenters. The lowest BCUT2D eigenvalue weighted by molar-refractivity contribution is 0.669. The summed E-state index contributed by atoms with van der Waals surface area (Å²) in [6.07, 6.45) is 0. The van der Waals surface area contributed by atoms with Crippen LogP contribution in [0.3, 0.4) is 0 Å². The van der Waals surface area contributed by atoms with Crippen LogP contribution in [0.2, 0.25) is 0 Å². The van der Waals surface area contributed by atoms with Gasteiger partial charge in [-0.1, -0.05) is 90.4 Å². The minimum atomic E-state index is 0.140. The van der Waals surface area contributed by atoms with Crippen LogP contribution in [0.15, 0.2) is 144 Å². The molecule has 9 aromatic rings. The van der Waals surface area contributed by atoms with E-state index in [2.05, 4.69) is 149 Å². The Bertz CT molecular complexity index is 2640. The van der Waals surface area contributed by atoms with Gasteiger partial charge < -0.3 is 13.9 Å². The Balaban J connectivity index is 1.22. The van der Waals surface area contributed by atoms with Gasteiger partial charge in [0.15, 0.2) is 0 Å². The molecule has 11 rings (SSSR count). The number of benzene rings is 7. The molecule has 0 amide bonds. The lowest BCUT2D eigenvalue weighted by atomic mass is 9.33. The molecule has 0 saturated heterocycles. The molecule has 0 N–H and O–H groups in total. The van der Waals surface area contributed by atoms with Crippen LogP contribution in [0.25, 0.3) is 60.2 Å². The second-order valence-corrected chi connectivity index (χ2v) is 12.1. The fourth-order valence-corrected chi connectivity index (χ4v) is 8.29. The van der Waals surface area contributed by atoms with Crippen LogP contribution in [0, 0.1) is 0 Å². The SMILES string of the molecule is c1cc(N2c3ccccc3B3c4cccc5ccc6oc7ccc2c3c7c6c45)cc(-n2c3ccccc3c3ccccc32)c1. The van der Waals surface area contributed by atoms with Crippen molar-refractivity contribution in [3.05, 3.63) is 140 Å². The van der Waals surface area contributed by atoms with Crippen molar-refractivity contribution in [2.45, 2.75) is 0 Å². The van der Waals surface area contributed by atoms with Gasteiger partial charge in [0.05, 0.1) is 11.0 Å². The Morgan fingerprint density at radius 2 is 1.16 bits per heavy atom.